The van der Waals surface area contributed by atoms with Crippen molar-refractivity contribution in [2.24, 2.45) is 0 Å². The molecule has 0 saturated carbocycles. The molecule has 0 atom stereocenters. The second-order valence-corrected chi connectivity index (χ2v) is 4.55. The van der Waals surface area contributed by atoms with Crippen LogP contribution in [-0.2, 0) is 26.1 Å². The van der Waals surface area contributed by atoms with Gasteiger partial charge in [-0.2, -0.15) is 0 Å². The fourth-order valence-electron chi connectivity index (χ4n) is 1.88. The first-order valence-corrected chi connectivity index (χ1v) is 13.9. The summed E-state index contributed by atoms with van der Waals surface area (Å²) in [5.41, 5.74) is 7.31. The normalized spacial score (nSPS) is 9.22. The predicted molar refractivity (Wildman–Crippen MR) is 97.7 cm³/mol. The predicted octanol–water partition coefficient (Wildman–Crippen LogP) is 4.83. The summed E-state index contributed by atoms with van der Waals surface area (Å²) in [6.07, 6.45) is 0. The summed E-state index contributed by atoms with van der Waals surface area (Å²) in [5, 5.41) is 0.448. The average molecular weight is 522 g/mol. The molecule has 0 amide bonds. The number of hydrogen-bond donors (Lipinski definition) is 1. The molecule has 0 aliphatic rings. The third-order valence-corrected chi connectivity index (χ3v) is 3.13. The zero-order chi connectivity index (χ0) is 17.8. The Kier molecular flexibility index (Phi) is 12.1. The molecular formula is C17H26ClHgN4. The summed E-state index contributed by atoms with van der Waals surface area (Å²) in [6.45, 7) is 9.93. The van der Waals surface area contributed by atoms with E-state index in [-0.39, 0.29) is 0 Å². The van der Waals surface area contributed by atoms with Gasteiger partial charge >= 0.3 is 30.6 Å². The topological polar surface area (TPSA) is 55.0 Å². The number of anilines is 2. The van der Waals surface area contributed by atoms with E-state index < -0.39 is 0 Å². The van der Waals surface area contributed by atoms with Crippen molar-refractivity contribution in [3.63, 3.8) is 0 Å². The van der Waals surface area contributed by atoms with Crippen LogP contribution in [0.4, 0.5) is 11.5 Å². The molecule has 1 aromatic carbocycles. The van der Waals surface area contributed by atoms with Crippen LogP contribution in [0, 0.1) is 0 Å². The van der Waals surface area contributed by atoms with Crippen LogP contribution in [0.2, 0.25) is 9.59 Å². The fourth-order valence-corrected chi connectivity index (χ4v) is 2.05. The van der Waals surface area contributed by atoms with Crippen molar-refractivity contribution in [3.05, 3.63) is 35.5 Å². The van der Waals surface area contributed by atoms with E-state index in [1.54, 1.807) is 6.07 Å². The number of benzene rings is 1. The van der Waals surface area contributed by atoms with Crippen LogP contribution in [-0.4, -0.2) is 23.1 Å². The molecule has 0 fully saturated rings. The van der Waals surface area contributed by atoms with Gasteiger partial charge in [0.2, 0.25) is 0 Å². The van der Waals surface area contributed by atoms with Crippen molar-refractivity contribution >= 4 is 23.1 Å². The van der Waals surface area contributed by atoms with Crippen molar-refractivity contribution in [3.8, 4) is 11.4 Å². The van der Waals surface area contributed by atoms with Crippen LogP contribution < -0.4 is 10.6 Å². The number of nitrogen functional groups attached to an aromatic ring is 1. The third-order valence-electron chi connectivity index (χ3n) is 2.94. The Hall–Kier alpha value is -0.875. The van der Waals surface area contributed by atoms with E-state index in [0.717, 1.165) is 56.3 Å². The summed E-state index contributed by atoms with van der Waals surface area (Å²) < 4.78 is 2.19. The molecule has 2 N–H and O–H groups in total. The van der Waals surface area contributed by atoms with Crippen molar-refractivity contribution < 1.29 is 26.1 Å². The maximum atomic E-state index is 6.09. The third kappa shape index (κ3) is 7.04. The van der Waals surface area contributed by atoms with Gasteiger partial charge in [-0.1, -0.05) is 25.4 Å². The number of nitrogens with zero attached hydrogens (tertiary/aromatic N) is 3. The fraction of sp³-hybridized carbons (Fsp3) is 0.412. The molecule has 23 heavy (non-hydrogen) atoms. The molecule has 0 spiro atoms. The molecule has 0 aliphatic heterocycles. The number of halogens is 1. The van der Waals surface area contributed by atoms with E-state index in [1.165, 1.54) is 0 Å². The Morgan fingerprint density at radius 2 is 1.57 bits per heavy atom. The number of aromatic nitrogens is 2. The quantitative estimate of drug-likeness (QED) is 0.355. The van der Waals surface area contributed by atoms with Crippen LogP contribution in [0.25, 0.3) is 11.4 Å². The molecule has 0 bridgehead atoms. The molecule has 2 aromatic rings. The van der Waals surface area contributed by atoms with Crippen molar-refractivity contribution in [2.75, 3.05) is 23.7 Å². The first-order chi connectivity index (χ1) is 11.1. The number of hydrogen-bond acceptors (Lipinski definition) is 4. The molecule has 0 saturated heterocycles. The first-order valence-electron chi connectivity index (χ1n) is 8.00. The summed E-state index contributed by atoms with van der Waals surface area (Å²) in [5.74, 6) is 1.46. The molecule has 6 heteroatoms. The van der Waals surface area contributed by atoms with Crippen molar-refractivity contribution in [2.45, 2.75) is 32.1 Å². The standard InChI is InChI=1S/C14H17ClN4.C2H6.CH3.Hg/c1-3-19(4-2)13-9-12(15)17-14(18-13)10-5-7-11(16)8-6-10;1-2;;/h5-9H,3-4,16H2,1-2H3;1-2H3;1H3;. The molecule has 0 unspecified atom stereocenters. The molecular weight excluding hydrogens is 496 g/mol. The monoisotopic (exact) mass is 523 g/mol. The number of nitrogens with two attached hydrogens (primary N) is 1. The maximum absolute atomic E-state index is 6.09. The zero-order valence-electron chi connectivity index (χ0n) is 14.8. The first kappa shape index (κ1) is 22.1. The van der Waals surface area contributed by atoms with Gasteiger partial charge in [-0.25, -0.2) is 9.97 Å². The Morgan fingerprint density at radius 3 is 2.04 bits per heavy atom. The van der Waals surface area contributed by atoms with Crippen LogP contribution in [0.3, 0.4) is 0 Å². The van der Waals surface area contributed by atoms with E-state index in [1.807, 2.05) is 38.1 Å². The Balaban J connectivity index is 0.00000112. The SMILES string of the molecule is CC.CCN(CC)c1cc(Cl)nc(-c2ccc(N)cc2)n1.[CH3][Hg]. The summed E-state index contributed by atoms with van der Waals surface area (Å²) in [4.78, 5) is 11.0. The molecule has 123 valence electrons. The number of rotatable bonds is 4. The van der Waals surface area contributed by atoms with Gasteiger partial charge in [0.1, 0.15) is 11.0 Å². The van der Waals surface area contributed by atoms with Crippen molar-refractivity contribution in [1.29, 1.82) is 0 Å². The van der Waals surface area contributed by atoms with E-state index in [2.05, 4.69) is 33.1 Å². The van der Waals surface area contributed by atoms with Crippen LogP contribution in [0.15, 0.2) is 30.3 Å². The second-order valence-electron chi connectivity index (χ2n) is 4.17. The Labute approximate surface area is 161 Å². The van der Waals surface area contributed by atoms with E-state index >= 15 is 0 Å². The van der Waals surface area contributed by atoms with Gasteiger partial charge < -0.3 is 10.6 Å². The molecule has 1 aromatic heterocycles. The van der Waals surface area contributed by atoms with E-state index in [0.29, 0.717) is 11.0 Å². The van der Waals surface area contributed by atoms with E-state index in [4.69, 9.17) is 17.3 Å². The van der Waals surface area contributed by atoms with Gasteiger partial charge in [-0.15, -0.1) is 0 Å². The summed E-state index contributed by atoms with van der Waals surface area (Å²) in [6, 6.07) is 9.24. The minimum atomic E-state index is 0.448. The van der Waals surface area contributed by atoms with Gasteiger partial charge in [0.05, 0.1) is 0 Å². The Bertz CT molecular complexity index is 557. The van der Waals surface area contributed by atoms with Gasteiger partial charge in [0.25, 0.3) is 0 Å². The molecule has 1 heterocycles. The van der Waals surface area contributed by atoms with Gasteiger partial charge in [0.15, 0.2) is 5.82 Å². The molecule has 0 radical (unpaired) electrons. The Morgan fingerprint density at radius 1 is 1.04 bits per heavy atom. The van der Waals surface area contributed by atoms with Crippen LogP contribution in [0.5, 0.6) is 0 Å². The van der Waals surface area contributed by atoms with Crippen LogP contribution in [0.1, 0.15) is 27.7 Å². The van der Waals surface area contributed by atoms with E-state index in [9.17, 15) is 0 Å². The second kappa shape index (κ2) is 12.5. The van der Waals surface area contributed by atoms with Gasteiger partial charge in [0, 0.05) is 30.4 Å². The molecule has 4 nitrogen and oxygen atoms in total. The van der Waals surface area contributed by atoms with Crippen molar-refractivity contribution in [1.82, 2.24) is 9.97 Å². The summed E-state index contributed by atoms with van der Waals surface area (Å²) in [7, 11) is 0. The van der Waals surface area contributed by atoms with Gasteiger partial charge in [-0.3, -0.25) is 0 Å². The van der Waals surface area contributed by atoms with Crippen LogP contribution >= 0.6 is 11.6 Å². The minimum absolute atomic E-state index is 0.448. The summed E-state index contributed by atoms with van der Waals surface area (Å²) >= 11 is 7.11. The molecule has 0 aliphatic carbocycles. The molecule has 2 rings (SSSR count). The zero-order valence-corrected chi connectivity index (χ0v) is 21.1. The van der Waals surface area contributed by atoms with Gasteiger partial charge in [-0.05, 0) is 38.1 Å². The average Bonchev–Trinajstić information content (AvgIpc) is 2.60.